The number of nitrogens with zero attached hydrogens (tertiary/aromatic N) is 8. The molecule has 0 radical (unpaired) electrons. The predicted molar refractivity (Wildman–Crippen MR) is 125 cm³/mol. The number of anilines is 3. The summed E-state index contributed by atoms with van der Waals surface area (Å²) in [6, 6.07) is 7.79. The number of fused-ring (bicyclic) bond motifs is 2. The fraction of sp³-hybridized carbons (Fsp3) is 0.182. The quantitative estimate of drug-likeness (QED) is 0.364. The van der Waals surface area contributed by atoms with Crippen molar-refractivity contribution in [1.82, 2.24) is 34.5 Å². The van der Waals surface area contributed by atoms with Gasteiger partial charge >= 0.3 is 0 Å². The van der Waals surface area contributed by atoms with Crippen molar-refractivity contribution in [2.45, 2.75) is 18.9 Å². The van der Waals surface area contributed by atoms with Crippen LogP contribution in [0.3, 0.4) is 0 Å². The van der Waals surface area contributed by atoms with Gasteiger partial charge < -0.3 is 15.0 Å². The summed E-state index contributed by atoms with van der Waals surface area (Å²) in [6.45, 7) is 0.470. The molecule has 1 saturated heterocycles. The van der Waals surface area contributed by atoms with Crippen molar-refractivity contribution in [1.29, 1.82) is 0 Å². The van der Waals surface area contributed by atoms with Gasteiger partial charge in [0, 0.05) is 24.5 Å². The second-order valence-electron chi connectivity index (χ2n) is 7.81. The van der Waals surface area contributed by atoms with Gasteiger partial charge in [0.2, 0.25) is 5.95 Å². The average Bonchev–Trinajstić information content (AvgIpc) is 3.28. The molecule has 35 heavy (non-hydrogen) atoms. The number of rotatable bonds is 6. The summed E-state index contributed by atoms with van der Waals surface area (Å²) in [5, 5.41) is 7.58. The van der Waals surface area contributed by atoms with Crippen LogP contribution in [-0.2, 0) is 0 Å². The first-order chi connectivity index (χ1) is 17.0. The van der Waals surface area contributed by atoms with E-state index in [1.54, 1.807) is 41.0 Å². The average molecular weight is 496 g/mol. The summed E-state index contributed by atoms with van der Waals surface area (Å²) in [5.41, 5.74) is 2.17. The van der Waals surface area contributed by atoms with Crippen LogP contribution in [0.4, 0.5) is 26.2 Å². The monoisotopic (exact) mass is 495 g/mol. The molecule has 6 rings (SSSR count). The van der Waals surface area contributed by atoms with Crippen molar-refractivity contribution < 1.29 is 13.5 Å². The van der Waals surface area contributed by atoms with Gasteiger partial charge in [-0.1, -0.05) is 11.6 Å². The number of hydrogen-bond donors (Lipinski definition) is 1. The molecule has 1 aliphatic rings. The van der Waals surface area contributed by atoms with Gasteiger partial charge in [-0.15, -0.1) is 0 Å². The lowest BCUT2D eigenvalue weighted by molar-refractivity contribution is 0.0867. The Morgan fingerprint density at radius 2 is 2.00 bits per heavy atom. The molecular weight excluding hydrogens is 480 g/mol. The summed E-state index contributed by atoms with van der Waals surface area (Å²) >= 11 is 6.47. The Balaban J connectivity index is 1.25. The van der Waals surface area contributed by atoms with Crippen LogP contribution >= 0.6 is 11.6 Å². The van der Waals surface area contributed by atoms with E-state index < -0.39 is 12.5 Å². The molecule has 176 valence electrons. The molecule has 10 nitrogen and oxygen atoms in total. The standard InChI is InChI=1S/C22H16ClF2N9O/c23-14-7-12(1-2-17(14)35-13-3-6-34-18(8-13)28-11-30-34)31-21-19-15(27-10-29-21)9-26-22(32-19)33-5-4-16(33)20(24)25/h1-3,6-11,16,20H,4-5H2,(H,27,29,31)/t16-/m1/s1. The van der Waals surface area contributed by atoms with Crippen LogP contribution in [0.1, 0.15) is 6.42 Å². The van der Waals surface area contributed by atoms with Crippen LogP contribution in [-0.4, -0.2) is 53.5 Å². The van der Waals surface area contributed by atoms with Crippen molar-refractivity contribution in [2.24, 2.45) is 0 Å². The Labute approximate surface area is 201 Å². The maximum absolute atomic E-state index is 13.2. The summed E-state index contributed by atoms with van der Waals surface area (Å²) < 4.78 is 33.9. The van der Waals surface area contributed by atoms with E-state index >= 15 is 0 Å². The minimum Gasteiger partial charge on any atom is -0.456 e. The van der Waals surface area contributed by atoms with Gasteiger partial charge in [-0.3, -0.25) is 0 Å². The minimum absolute atomic E-state index is 0.221. The number of ether oxygens (including phenoxy) is 1. The van der Waals surface area contributed by atoms with Crippen LogP contribution in [0.25, 0.3) is 16.7 Å². The first kappa shape index (κ1) is 21.4. The van der Waals surface area contributed by atoms with Crippen molar-refractivity contribution in [2.75, 3.05) is 16.8 Å². The van der Waals surface area contributed by atoms with E-state index in [0.29, 0.717) is 57.7 Å². The molecule has 1 aromatic carbocycles. The lowest BCUT2D eigenvalue weighted by atomic mass is 10.1. The van der Waals surface area contributed by atoms with E-state index in [9.17, 15) is 8.78 Å². The zero-order valence-electron chi connectivity index (χ0n) is 17.9. The van der Waals surface area contributed by atoms with Crippen molar-refractivity contribution >= 4 is 45.7 Å². The maximum atomic E-state index is 13.2. The van der Waals surface area contributed by atoms with E-state index in [1.165, 1.54) is 23.8 Å². The molecule has 1 fully saturated rings. The maximum Gasteiger partial charge on any atom is 0.258 e. The SMILES string of the molecule is FC(F)[C@H]1CCN1c1ncc2ncnc(Nc3ccc(Oc4ccn5ncnc5c4)c(Cl)c3)c2n1. The fourth-order valence-electron chi connectivity index (χ4n) is 3.78. The molecule has 0 bridgehead atoms. The molecule has 5 aromatic rings. The molecule has 1 aliphatic heterocycles. The Hall–Kier alpha value is -4.19. The smallest absolute Gasteiger partial charge is 0.258 e. The molecule has 0 unspecified atom stereocenters. The lowest BCUT2D eigenvalue weighted by Crippen LogP contribution is -2.52. The first-order valence-electron chi connectivity index (χ1n) is 10.6. The Morgan fingerprint density at radius 3 is 2.80 bits per heavy atom. The van der Waals surface area contributed by atoms with Crippen molar-refractivity contribution in [3.63, 3.8) is 0 Å². The van der Waals surface area contributed by atoms with E-state index in [4.69, 9.17) is 16.3 Å². The van der Waals surface area contributed by atoms with E-state index in [1.807, 2.05) is 0 Å². The summed E-state index contributed by atoms with van der Waals surface area (Å²) in [7, 11) is 0. The van der Waals surface area contributed by atoms with E-state index in [0.717, 1.165) is 0 Å². The number of nitrogens with one attached hydrogen (secondary N) is 1. The van der Waals surface area contributed by atoms with Crippen LogP contribution in [0.5, 0.6) is 11.5 Å². The zero-order valence-corrected chi connectivity index (χ0v) is 18.6. The van der Waals surface area contributed by atoms with Gasteiger partial charge in [-0.2, -0.15) is 5.10 Å². The molecular formula is C22H16ClF2N9O. The summed E-state index contributed by atoms with van der Waals surface area (Å²) in [6.07, 6.45) is 4.00. The lowest BCUT2D eigenvalue weighted by Gasteiger charge is -2.40. The zero-order chi connectivity index (χ0) is 23.9. The molecule has 0 spiro atoms. The topological polar surface area (TPSA) is 106 Å². The first-order valence-corrected chi connectivity index (χ1v) is 11.0. The third-order valence-corrected chi connectivity index (χ3v) is 5.95. The number of benzene rings is 1. The minimum atomic E-state index is -2.46. The van der Waals surface area contributed by atoms with Gasteiger partial charge in [-0.05, 0) is 30.7 Å². The second-order valence-corrected chi connectivity index (χ2v) is 8.21. The number of alkyl halides is 2. The highest BCUT2D eigenvalue weighted by atomic mass is 35.5. The fourth-order valence-corrected chi connectivity index (χ4v) is 4.00. The van der Waals surface area contributed by atoms with E-state index in [-0.39, 0.29) is 5.95 Å². The highest BCUT2D eigenvalue weighted by Crippen LogP contribution is 2.34. The van der Waals surface area contributed by atoms with Gasteiger partial charge in [0.25, 0.3) is 6.43 Å². The molecule has 5 heterocycles. The van der Waals surface area contributed by atoms with Crippen molar-refractivity contribution in [3.8, 4) is 11.5 Å². The van der Waals surface area contributed by atoms with Crippen LogP contribution in [0.15, 0.2) is 55.4 Å². The number of aromatic nitrogens is 7. The molecule has 13 heteroatoms. The van der Waals surface area contributed by atoms with Gasteiger partial charge in [0.05, 0.1) is 17.3 Å². The largest absolute Gasteiger partial charge is 0.456 e. The summed E-state index contributed by atoms with van der Waals surface area (Å²) in [5.74, 6) is 1.63. The predicted octanol–water partition coefficient (Wildman–Crippen LogP) is 4.50. The second kappa shape index (κ2) is 8.55. The molecule has 1 N–H and O–H groups in total. The molecule has 0 amide bonds. The Kier molecular flexibility index (Phi) is 5.21. The molecule has 4 aromatic heterocycles. The van der Waals surface area contributed by atoms with Crippen LogP contribution in [0, 0.1) is 0 Å². The number of halogens is 3. The highest BCUT2D eigenvalue weighted by molar-refractivity contribution is 6.32. The van der Waals surface area contributed by atoms with Crippen LogP contribution < -0.4 is 15.0 Å². The Morgan fingerprint density at radius 1 is 1.09 bits per heavy atom. The molecule has 1 atom stereocenters. The van der Waals surface area contributed by atoms with Gasteiger partial charge in [0.15, 0.2) is 11.5 Å². The Bertz CT molecular complexity index is 1550. The highest BCUT2D eigenvalue weighted by Gasteiger charge is 2.37. The number of hydrogen-bond acceptors (Lipinski definition) is 9. The number of pyridine rings is 1. The molecule has 0 saturated carbocycles. The van der Waals surface area contributed by atoms with Gasteiger partial charge in [0.1, 0.15) is 35.2 Å². The third kappa shape index (κ3) is 4.01. The van der Waals surface area contributed by atoms with Crippen LogP contribution in [0.2, 0.25) is 5.02 Å². The van der Waals surface area contributed by atoms with Crippen molar-refractivity contribution in [3.05, 3.63) is 60.4 Å². The van der Waals surface area contributed by atoms with E-state index in [2.05, 4.69) is 35.3 Å². The molecule has 0 aliphatic carbocycles. The van der Waals surface area contributed by atoms with Gasteiger partial charge in [-0.25, -0.2) is 38.2 Å². The summed E-state index contributed by atoms with van der Waals surface area (Å²) in [4.78, 5) is 22.7. The normalized spacial score (nSPS) is 15.5. The third-order valence-electron chi connectivity index (χ3n) is 5.65.